The van der Waals surface area contributed by atoms with E-state index in [9.17, 15) is 13.2 Å². The van der Waals surface area contributed by atoms with Crippen molar-refractivity contribution in [1.82, 2.24) is 0 Å². The van der Waals surface area contributed by atoms with Crippen LogP contribution in [0.25, 0.3) is 0 Å². The first-order chi connectivity index (χ1) is 7.00. The number of Topliss-reactive ketones (excluding diaryl/α,β-unsaturated/α-hetero) is 1. The number of carbonyl (C=O) groups excluding carboxylic acids is 1. The Morgan fingerprint density at radius 2 is 1.80 bits per heavy atom. The molecule has 0 amide bonds. The molecule has 0 unspecified atom stereocenters. The number of rotatable bonds is 4. The number of thiol groups is 1. The van der Waals surface area contributed by atoms with Crippen LogP contribution in [0.15, 0.2) is 41.3 Å². The third kappa shape index (κ3) is 3.32. The van der Waals surface area contributed by atoms with Gasteiger partial charge in [-0.05, 0) is 30.2 Å². The molecule has 80 valence electrons. The molecule has 0 heterocycles. The van der Waals surface area contributed by atoms with Gasteiger partial charge >= 0.3 is 0 Å². The fourth-order valence-corrected chi connectivity index (χ4v) is 1.46. The van der Waals surface area contributed by atoms with Crippen molar-refractivity contribution in [3.63, 3.8) is 0 Å². The fraction of sp³-hybridized carbons (Fsp3) is 0.182. The van der Waals surface area contributed by atoms with E-state index in [0.717, 1.165) is 5.56 Å². The lowest BCUT2D eigenvalue weighted by Crippen LogP contribution is -2.02. The van der Waals surface area contributed by atoms with Gasteiger partial charge in [-0.15, -0.1) is 0 Å². The monoisotopic (exact) mass is 224 g/mol. The van der Waals surface area contributed by atoms with Crippen molar-refractivity contribution in [2.45, 2.75) is 18.2 Å². The first kappa shape index (κ1) is 11.7. The molecular weight excluding hydrogens is 212 g/mol. The van der Waals surface area contributed by atoms with Crippen LogP contribution in [0.4, 0.5) is 0 Å². The van der Waals surface area contributed by atoms with Crippen molar-refractivity contribution >= 4 is 16.5 Å². The average Bonchev–Trinajstić information content (AvgIpc) is 2.18. The smallest absolute Gasteiger partial charge is 0.168 e. The summed E-state index contributed by atoms with van der Waals surface area (Å²) in [7, 11) is -2.54. The zero-order valence-corrected chi connectivity index (χ0v) is 9.29. The molecule has 0 bridgehead atoms. The summed E-state index contributed by atoms with van der Waals surface area (Å²) in [5.74, 6) is -0.0331. The Hall–Kier alpha value is -1.42. The van der Waals surface area contributed by atoms with Gasteiger partial charge in [-0.25, -0.2) is 8.42 Å². The summed E-state index contributed by atoms with van der Waals surface area (Å²) < 4.78 is 21.2. The van der Waals surface area contributed by atoms with Gasteiger partial charge in [-0.1, -0.05) is 18.7 Å². The number of hydrogen-bond donors (Lipinski definition) is 1. The van der Waals surface area contributed by atoms with Gasteiger partial charge in [0.15, 0.2) is 16.5 Å². The molecule has 0 atom stereocenters. The van der Waals surface area contributed by atoms with Crippen LogP contribution in [0.5, 0.6) is 0 Å². The highest BCUT2D eigenvalue weighted by Crippen LogP contribution is 2.08. The molecule has 0 aliphatic rings. The Bertz CT molecular complexity index is 447. The zero-order valence-electron chi connectivity index (χ0n) is 8.40. The Morgan fingerprint density at radius 3 is 2.20 bits per heavy atom. The lowest BCUT2D eigenvalue weighted by atomic mass is 10.1. The maximum atomic E-state index is 11.3. The zero-order chi connectivity index (χ0) is 11.4. The van der Waals surface area contributed by atoms with Crippen LogP contribution in [0.2, 0.25) is 0 Å². The predicted octanol–water partition coefficient (Wildman–Crippen LogP) is 1.34. The van der Waals surface area contributed by atoms with Crippen LogP contribution in [0.3, 0.4) is 0 Å². The van der Waals surface area contributed by atoms with Crippen molar-refractivity contribution in [2.75, 3.05) is 0 Å². The van der Waals surface area contributed by atoms with E-state index in [-0.39, 0.29) is 17.1 Å². The van der Waals surface area contributed by atoms with E-state index in [1.54, 1.807) is 19.1 Å². The maximum absolute atomic E-state index is 11.3. The van der Waals surface area contributed by atoms with Crippen LogP contribution in [0.1, 0.15) is 12.5 Å². The first-order valence-corrected chi connectivity index (χ1v) is 5.60. The molecule has 3 nitrogen and oxygen atoms in total. The largest absolute Gasteiger partial charge is 0.294 e. The second kappa shape index (κ2) is 4.89. The van der Waals surface area contributed by atoms with E-state index >= 15 is 0 Å². The third-order valence-electron chi connectivity index (χ3n) is 1.99. The summed E-state index contributed by atoms with van der Waals surface area (Å²) in [4.78, 5) is 11.6. The summed E-state index contributed by atoms with van der Waals surface area (Å²) in [5.41, 5.74) is 1.30. The lowest BCUT2D eigenvalue weighted by Gasteiger charge is -2.00. The highest BCUT2D eigenvalue weighted by Gasteiger charge is 2.04. The minimum Gasteiger partial charge on any atom is -0.294 e. The summed E-state index contributed by atoms with van der Waals surface area (Å²) in [6.45, 7) is 5.21. The van der Waals surface area contributed by atoms with E-state index in [2.05, 4.69) is 6.58 Å². The Labute approximate surface area is 90.4 Å². The SMILES string of the molecule is C=C(C)C(=O)Cc1ccc([SH](=O)=O)cc1. The molecule has 0 spiro atoms. The molecule has 0 saturated heterocycles. The maximum Gasteiger partial charge on any atom is 0.168 e. The normalized spacial score (nSPS) is 10.3. The number of ketones is 1. The van der Waals surface area contributed by atoms with Crippen LogP contribution >= 0.6 is 0 Å². The Kier molecular flexibility index (Phi) is 3.80. The topological polar surface area (TPSA) is 51.2 Å². The van der Waals surface area contributed by atoms with E-state index in [0.29, 0.717) is 5.57 Å². The molecule has 0 aromatic heterocycles. The molecule has 0 fully saturated rings. The van der Waals surface area contributed by atoms with Gasteiger partial charge in [0.2, 0.25) is 0 Å². The van der Waals surface area contributed by atoms with E-state index in [1.807, 2.05) is 0 Å². The second-order valence-corrected chi connectivity index (χ2v) is 4.33. The molecule has 0 radical (unpaired) electrons. The van der Waals surface area contributed by atoms with Crippen molar-refractivity contribution in [1.29, 1.82) is 0 Å². The van der Waals surface area contributed by atoms with E-state index < -0.39 is 10.7 Å². The minimum atomic E-state index is -2.54. The van der Waals surface area contributed by atoms with Crippen molar-refractivity contribution in [2.24, 2.45) is 0 Å². The van der Waals surface area contributed by atoms with Crippen molar-refractivity contribution in [3.05, 3.63) is 42.0 Å². The average molecular weight is 224 g/mol. The predicted molar refractivity (Wildman–Crippen MR) is 58.5 cm³/mol. The summed E-state index contributed by atoms with van der Waals surface area (Å²) in [6.07, 6.45) is 0.269. The first-order valence-electron chi connectivity index (χ1n) is 4.42. The number of carbonyl (C=O) groups is 1. The molecule has 1 rings (SSSR count). The Balaban J connectivity index is 2.81. The molecular formula is C11H12O3S. The lowest BCUT2D eigenvalue weighted by molar-refractivity contribution is -0.114. The quantitative estimate of drug-likeness (QED) is 0.620. The molecule has 0 N–H and O–H groups in total. The molecule has 1 aromatic rings. The third-order valence-corrected chi connectivity index (χ3v) is 2.71. The summed E-state index contributed by atoms with van der Waals surface area (Å²) in [5, 5.41) is 0. The van der Waals surface area contributed by atoms with E-state index in [4.69, 9.17) is 0 Å². The van der Waals surface area contributed by atoms with E-state index in [1.165, 1.54) is 12.1 Å². The van der Waals surface area contributed by atoms with Gasteiger partial charge in [0.25, 0.3) is 0 Å². The van der Waals surface area contributed by atoms with Gasteiger partial charge in [-0.3, -0.25) is 4.79 Å². The molecule has 1 aromatic carbocycles. The second-order valence-electron chi connectivity index (χ2n) is 3.30. The van der Waals surface area contributed by atoms with Gasteiger partial charge in [0.05, 0.1) is 4.90 Å². The molecule has 15 heavy (non-hydrogen) atoms. The number of hydrogen-bond acceptors (Lipinski definition) is 3. The standard InChI is InChI=1S/C11H12O3S/c1-8(2)11(12)7-9-3-5-10(6-4-9)15(13)14/h3-6,15H,1,7H2,2H3. The van der Waals surface area contributed by atoms with Gasteiger partial charge < -0.3 is 0 Å². The highest BCUT2D eigenvalue weighted by molar-refractivity contribution is 7.72. The van der Waals surface area contributed by atoms with Gasteiger partial charge in [0, 0.05) is 6.42 Å². The minimum absolute atomic E-state index is 0.0331. The number of benzene rings is 1. The van der Waals surface area contributed by atoms with Gasteiger partial charge in [0.1, 0.15) is 0 Å². The molecule has 4 heteroatoms. The highest BCUT2D eigenvalue weighted by atomic mass is 32.2. The number of allylic oxidation sites excluding steroid dienone is 1. The van der Waals surface area contributed by atoms with Crippen LogP contribution < -0.4 is 0 Å². The fourth-order valence-electron chi connectivity index (χ4n) is 1.07. The molecule has 0 aliphatic heterocycles. The van der Waals surface area contributed by atoms with Crippen molar-refractivity contribution in [3.8, 4) is 0 Å². The van der Waals surface area contributed by atoms with Crippen LogP contribution in [0, 0.1) is 0 Å². The Morgan fingerprint density at radius 1 is 1.27 bits per heavy atom. The molecule has 0 saturated carbocycles. The van der Waals surface area contributed by atoms with Gasteiger partial charge in [-0.2, -0.15) is 0 Å². The van der Waals surface area contributed by atoms with Crippen LogP contribution in [-0.2, 0) is 21.9 Å². The summed E-state index contributed by atoms with van der Waals surface area (Å²) >= 11 is 0. The van der Waals surface area contributed by atoms with Crippen molar-refractivity contribution < 1.29 is 13.2 Å². The van der Waals surface area contributed by atoms with Crippen LogP contribution in [-0.4, -0.2) is 14.2 Å². The molecule has 0 aliphatic carbocycles. The summed E-state index contributed by atoms with van der Waals surface area (Å²) in [6, 6.07) is 6.27.